The first-order valence-corrected chi connectivity index (χ1v) is 10.7. The molecule has 0 aliphatic heterocycles. The number of carbonyl (C=O) groups is 1. The largest absolute Gasteiger partial charge is 0.482 e. The summed E-state index contributed by atoms with van der Waals surface area (Å²) in [4.78, 5) is 26.3. The molecule has 1 heterocycles. The van der Waals surface area contributed by atoms with Crippen molar-refractivity contribution in [2.24, 2.45) is 5.73 Å². The number of nitrogens with one attached hydrogen (secondary N) is 2. The Labute approximate surface area is 188 Å². The molecule has 0 saturated heterocycles. The van der Waals surface area contributed by atoms with Crippen molar-refractivity contribution >= 4 is 5.91 Å². The minimum atomic E-state index is -0.338. The lowest BCUT2D eigenvalue weighted by Gasteiger charge is -2.17. The van der Waals surface area contributed by atoms with Crippen LogP contribution in [0.25, 0.3) is 0 Å². The summed E-state index contributed by atoms with van der Waals surface area (Å²) >= 11 is 0. The van der Waals surface area contributed by atoms with Gasteiger partial charge in [-0.3, -0.25) is 9.59 Å². The van der Waals surface area contributed by atoms with E-state index < -0.39 is 0 Å². The zero-order chi connectivity index (χ0) is 22.8. The molecule has 7 heteroatoms. The Hall–Kier alpha value is -3.42. The van der Waals surface area contributed by atoms with E-state index in [-0.39, 0.29) is 29.4 Å². The Morgan fingerprint density at radius 2 is 1.62 bits per heavy atom. The highest BCUT2D eigenvalue weighted by molar-refractivity contribution is 5.96. The molecule has 1 amide bonds. The number of amides is 1. The highest BCUT2D eigenvalue weighted by Crippen LogP contribution is 2.18. The van der Waals surface area contributed by atoms with Crippen LogP contribution in [0.5, 0.6) is 5.75 Å². The first-order chi connectivity index (χ1) is 15.6. The van der Waals surface area contributed by atoms with E-state index in [9.17, 15) is 9.59 Å². The van der Waals surface area contributed by atoms with E-state index in [2.05, 4.69) is 10.6 Å². The van der Waals surface area contributed by atoms with Gasteiger partial charge in [0.25, 0.3) is 11.5 Å². The van der Waals surface area contributed by atoms with Crippen LogP contribution in [0.15, 0.2) is 71.5 Å². The number of aromatic nitrogens is 1. The van der Waals surface area contributed by atoms with Crippen LogP contribution < -0.4 is 26.7 Å². The smallest absolute Gasteiger partial charge is 0.294 e. The summed E-state index contributed by atoms with van der Waals surface area (Å²) in [5, 5.41) is 5.98. The van der Waals surface area contributed by atoms with Gasteiger partial charge in [0.15, 0.2) is 5.75 Å². The van der Waals surface area contributed by atoms with Crippen molar-refractivity contribution in [3.63, 3.8) is 0 Å². The van der Waals surface area contributed by atoms with E-state index in [1.54, 1.807) is 10.6 Å². The molecule has 0 spiro atoms. The Kier molecular flexibility index (Phi) is 8.60. The molecule has 7 nitrogen and oxygen atoms in total. The van der Waals surface area contributed by atoms with Crippen molar-refractivity contribution in [1.29, 1.82) is 0 Å². The Morgan fingerprint density at radius 1 is 0.969 bits per heavy atom. The fourth-order valence-corrected chi connectivity index (χ4v) is 3.34. The summed E-state index contributed by atoms with van der Waals surface area (Å²) in [5.41, 5.74) is 7.98. The van der Waals surface area contributed by atoms with Crippen LogP contribution in [-0.4, -0.2) is 36.7 Å². The molecule has 32 heavy (non-hydrogen) atoms. The van der Waals surface area contributed by atoms with Gasteiger partial charge in [-0.25, -0.2) is 0 Å². The standard InChI is InChI=1S/C25H30N4O3/c1-19-16-22(24(30)28-15-14-27-13-12-26)23(32-18-21-10-6-3-7-11-21)25(31)29(19)17-20-8-4-2-5-9-20/h2-11,16,27H,12-15,17-18,26H2,1H3,(H,28,30). The van der Waals surface area contributed by atoms with Crippen LogP contribution in [0.4, 0.5) is 0 Å². The number of pyridine rings is 1. The molecule has 0 fully saturated rings. The zero-order valence-corrected chi connectivity index (χ0v) is 18.3. The quantitative estimate of drug-likeness (QED) is 0.401. The van der Waals surface area contributed by atoms with Gasteiger partial charge >= 0.3 is 0 Å². The molecule has 3 aromatic rings. The Bertz CT molecular complexity index is 1070. The first-order valence-electron chi connectivity index (χ1n) is 10.7. The predicted molar refractivity (Wildman–Crippen MR) is 126 cm³/mol. The van der Waals surface area contributed by atoms with Gasteiger partial charge in [-0.2, -0.15) is 0 Å². The van der Waals surface area contributed by atoms with E-state index in [1.807, 2.05) is 67.6 Å². The minimum absolute atomic E-state index is 0.0581. The third kappa shape index (κ3) is 6.29. The average Bonchev–Trinajstić information content (AvgIpc) is 2.82. The zero-order valence-electron chi connectivity index (χ0n) is 18.3. The Balaban J connectivity index is 1.88. The molecule has 0 aliphatic rings. The van der Waals surface area contributed by atoms with Crippen LogP contribution in [0, 0.1) is 6.92 Å². The lowest BCUT2D eigenvalue weighted by molar-refractivity contribution is 0.0948. The predicted octanol–water partition coefficient (Wildman–Crippen LogP) is 2.06. The Morgan fingerprint density at radius 3 is 2.28 bits per heavy atom. The number of aryl methyl sites for hydroxylation is 1. The molecule has 168 valence electrons. The van der Waals surface area contributed by atoms with Gasteiger partial charge in [0.2, 0.25) is 0 Å². The molecule has 0 saturated carbocycles. The van der Waals surface area contributed by atoms with Crippen molar-refractivity contribution in [2.75, 3.05) is 26.2 Å². The third-order valence-corrected chi connectivity index (χ3v) is 5.03. The number of ether oxygens (including phenoxy) is 1. The second-order valence-corrected chi connectivity index (χ2v) is 7.47. The molecule has 3 rings (SSSR count). The summed E-state index contributed by atoms with van der Waals surface area (Å²) in [5.74, 6) is -0.280. The van der Waals surface area contributed by atoms with Gasteiger partial charge in [0.1, 0.15) is 6.61 Å². The third-order valence-electron chi connectivity index (χ3n) is 5.03. The molecule has 0 bridgehead atoms. The van der Waals surface area contributed by atoms with Crippen molar-refractivity contribution in [3.05, 3.63) is 99.5 Å². The van der Waals surface area contributed by atoms with Crippen molar-refractivity contribution in [3.8, 4) is 5.75 Å². The van der Waals surface area contributed by atoms with Gasteiger partial charge < -0.3 is 25.7 Å². The van der Waals surface area contributed by atoms with Gasteiger partial charge in [0, 0.05) is 31.9 Å². The monoisotopic (exact) mass is 434 g/mol. The van der Waals surface area contributed by atoms with E-state index in [1.165, 1.54) is 0 Å². The number of nitrogens with zero attached hydrogens (tertiary/aromatic N) is 1. The topological polar surface area (TPSA) is 98.4 Å². The molecule has 1 aromatic heterocycles. The number of nitrogens with two attached hydrogens (primary N) is 1. The summed E-state index contributed by atoms with van der Waals surface area (Å²) in [6.45, 7) is 4.64. The van der Waals surface area contributed by atoms with Gasteiger partial charge in [-0.05, 0) is 24.1 Å². The molecular weight excluding hydrogens is 404 g/mol. The SMILES string of the molecule is Cc1cc(C(=O)NCCNCCN)c(OCc2ccccc2)c(=O)n1Cc1ccccc1. The van der Waals surface area contributed by atoms with Gasteiger partial charge in [-0.1, -0.05) is 60.7 Å². The summed E-state index contributed by atoms with van der Waals surface area (Å²) < 4.78 is 7.56. The average molecular weight is 435 g/mol. The minimum Gasteiger partial charge on any atom is -0.482 e. The van der Waals surface area contributed by atoms with Crippen molar-refractivity contribution < 1.29 is 9.53 Å². The number of hydrogen-bond donors (Lipinski definition) is 3. The van der Waals surface area contributed by atoms with Crippen LogP contribution >= 0.6 is 0 Å². The molecule has 0 aliphatic carbocycles. The maximum absolute atomic E-state index is 13.4. The number of carbonyl (C=O) groups excluding carboxylic acids is 1. The summed E-state index contributed by atoms with van der Waals surface area (Å²) in [6.07, 6.45) is 0. The highest BCUT2D eigenvalue weighted by Gasteiger charge is 2.20. The van der Waals surface area contributed by atoms with Crippen LogP contribution in [0.3, 0.4) is 0 Å². The summed E-state index contributed by atoms with van der Waals surface area (Å²) in [6, 6.07) is 21.0. The molecule has 0 atom stereocenters. The van der Waals surface area contributed by atoms with Gasteiger partial charge in [-0.15, -0.1) is 0 Å². The fraction of sp³-hybridized carbons (Fsp3) is 0.280. The van der Waals surface area contributed by atoms with Crippen molar-refractivity contribution in [1.82, 2.24) is 15.2 Å². The number of benzene rings is 2. The molecule has 2 aromatic carbocycles. The molecule has 0 radical (unpaired) electrons. The molecule has 4 N–H and O–H groups in total. The number of rotatable bonds is 11. The van der Waals surface area contributed by atoms with E-state index in [4.69, 9.17) is 10.5 Å². The van der Waals surface area contributed by atoms with E-state index >= 15 is 0 Å². The number of hydrogen-bond acceptors (Lipinski definition) is 5. The summed E-state index contributed by atoms with van der Waals surface area (Å²) in [7, 11) is 0. The lowest BCUT2D eigenvalue weighted by Crippen LogP contribution is -2.35. The van der Waals surface area contributed by atoms with Gasteiger partial charge in [0.05, 0.1) is 12.1 Å². The highest BCUT2D eigenvalue weighted by atomic mass is 16.5. The van der Waals surface area contributed by atoms with Crippen LogP contribution in [-0.2, 0) is 13.2 Å². The molecule has 0 unspecified atom stereocenters. The second-order valence-electron chi connectivity index (χ2n) is 7.47. The normalized spacial score (nSPS) is 10.7. The molecular formula is C25H30N4O3. The van der Waals surface area contributed by atoms with Crippen LogP contribution in [0.2, 0.25) is 0 Å². The lowest BCUT2D eigenvalue weighted by atomic mass is 10.1. The maximum atomic E-state index is 13.4. The fourth-order valence-electron chi connectivity index (χ4n) is 3.34. The van der Waals surface area contributed by atoms with E-state index in [0.29, 0.717) is 38.4 Å². The van der Waals surface area contributed by atoms with Crippen LogP contribution in [0.1, 0.15) is 27.2 Å². The van der Waals surface area contributed by atoms with Crippen molar-refractivity contribution in [2.45, 2.75) is 20.1 Å². The maximum Gasteiger partial charge on any atom is 0.294 e. The second kappa shape index (κ2) is 11.8. The van der Waals surface area contributed by atoms with E-state index in [0.717, 1.165) is 11.1 Å². The first kappa shape index (κ1) is 23.2.